The van der Waals surface area contributed by atoms with E-state index in [2.05, 4.69) is 6.07 Å². The van der Waals surface area contributed by atoms with E-state index >= 15 is 0 Å². The van der Waals surface area contributed by atoms with Crippen molar-refractivity contribution >= 4 is 23.6 Å². The van der Waals surface area contributed by atoms with E-state index in [0.717, 1.165) is 36.3 Å². The van der Waals surface area contributed by atoms with Gasteiger partial charge in [0.2, 0.25) is 5.91 Å². The van der Waals surface area contributed by atoms with Crippen LogP contribution in [0.3, 0.4) is 0 Å². The highest BCUT2D eigenvalue weighted by atomic mass is 32.2. The molecule has 0 unspecified atom stereocenters. The Morgan fingerprint density at radius 1 is 1.40 bits per heavy atom. The van der Waals surface area contributed by atoms with Gasteiger partial charge in [0.1, 0.15) is 0 Å². The summed E-state index contributed by atoms with van der Waals surface area (Å²) in [4.78, 5) is 25.1. The number of unbranched alkanes of at least 4 members (excludes halogenated alkanes) is 1. The fraction of sp³-hybridized carbons (Fsp3) is 0.565. The smallest absolute Gasteiger partial charge is 0.319 e. The topological polar surface area (TPSA) is 92.9 Å². The molecule has 1 saturated heterocycles. The van der Waals surface area contributed by atoms with E-state index in [1.807, 2.05) is 42.2 Å². The monoisotopic (exact) mass is 434 g/mol. The Kier molecular flexibility index (Phi) is 11.0. The van der Waals surface area contributed by atoms with Crippen LogP contribution in [0.5, 0.6) is 0 Å². The summed E-state index contributed by atoms with van der Waals surface area (Å²) in [5.74, 6) is 1.67. The van der Waals surface area contributed by atoms with Crippen molar-refractivity contribution in [3.8, 4) is 0 Å². The molecule has 1 amide bonds. The highest BCUT2D eigenvalue weighted by molar-refractivity contribution is 7.99. The van der Waals surface area contributed by atoms with Crippen molar-refractivity contribution in [1.29, 1.82) is 0 Å². The van der Waals surface area contributed by atoms with Crippen molar-refractivity contribution in [2.45, 2.75) is 51.2 Å². The molecular formula is C23H34N2O4S. The molecule has 30 heavy (non-hydrogen) atoms. The average molecular weight is 435 g/mol. The van der Waals surface area contributed by atoms with Gasteiger partial charge in [-0.2, -0.15) is 11.8 Å². The van der Waals surface area contributed by atoms with Crippen LogP contribution >= 0.6 is 11.8 Å². The largest absolute Gasteiger partial charge is 0.465 e. The number of benzene rings is 1. The summed E-state index contributed by atoms with van der Waals surface area (Å²) in [5.41, 5.74) is 7.48. The lowest BCUT2D eigenvalue weighted by molar-refractivity contribution is -0.142. The van der Waals surface area contributed by atoms with Gasteiger partial charge in [0.15, 0.2) is 0 Å². The number of likely N-dealkylation sites (tertiary alicyclic amines) is 1. The first-order valence-electron chi connectivity index (χ1n) is 10.6. The molecular weight excluding hydrogens is 400 g/mol. The molecule has 6 nitrogen and oxygen atoms in total. The first-order chi connectivity index (χ1) is 14.5. The number of rotatable bonds is 13. The SMILES string of the molecule is Cc1cccc(C[C@H](O)/C=C/[C@H]2CCC(=O)N2CCSCCCCOC(=O)CN)c1. The van der Waals surface area contributed by atoms with Crippen LogP contribution in [0.2, 0.25) is 0 Å². The molecule has 7 heteroatoms. The van der Waals surface area contributed by atoms with Crippen molar-refractivity contribution in [1.82, 2.24) is 4.90 Å². The lowest BCUT2D eigenvalue weighted by atomic mass is 10.0. The van der Waals surface area contributed by atoms with E-state index in [-0.39, 0.29) is 24.5 Å². The Labute approximate surface area is 183 Å². The molecule has 1 aromatic rings. The van der Waals surface area contributed by atoms with E-state index < -0.39 is 6.10 Å². The van der Waals surface area contributed by atoms with Crippen LogP contribution in [-0.2, 0) is 20.7 Å². The number of nitrogens with two attached hydrogens (primary N) is 1. The molecule has 1 heterocycles. The van der Waals surface area contributed by atoms with Crippen LogP contribution < -0.4 is 5.73 Å². The minimum absolute atomic E-state index is 0.0703. The summed E-state index contributed by atoms with van der Waals surface area (Å²) in [6, 6.07) is 8.23. The molecule has 1 aromatic carbocycles. The highest BCUT2D eigenvalue weighted by Gasteiger charge is 2.28. The number of amides is 1. The number of carbonyl (C=O) groups is 2. The summed E-state index contributed by atoms with van der Waals surface area (Å²) in [5, 5.41) is 10.3. The minimum atomic E-state index is -0.549. The molecule has 2 rings (SSSR count). The zero-order valence-electron chi connectivity index (χ0n) is 17.8. The number of thioether (sulfide) groups is 1. The van der Waals surface area contributed by atoms with Crippen LogP contribution in [0, 0.1) is 6.92 Å². The molecule has 166 valence electrons. The summed E-state index contributed by atoms with van der Waals surface area (Å²) in [7, 11) is 0. The van der Waals surface area contributed by atoms with Gasteiger partial charge < -0.3 is 20.5 Å². The van der Waals surface area contributed by atoms with Gasteiger partial charge in [-0.15, -0.1) is 0 Å². The number of esters is 1. The molecule has 0 aromatic heterocycles. The number of aryl methyl sites for hydroxylation is 1. The maximum Gasteiger partial charge on any atom is 0.319 e. The van der Waals surface area contributed by atoms with E-state index in [1.54, 1.807) is 11.8 Å². The lowest BCUT2D eigenvalue weighted by Gasteiger charge is -2.22. The van der Waals surface area contributed by atoms with E-state index in [1.165, 1.54) is 5.56 Å². The van der Waals surface area contributed by atoms with E-state index in [4.69, 9.17) is 10.5 Å². The van der Waals surface area contributed by atoms with Crippen LogP contribution in [0.15, 0.2) is 36.4 Å². The summed E-state index contributed by atoms with van der Waals surface area (Å²) in [6.45, 7) is 3.10. The number of aliphatic hydroxyl groups is 1. The quantitative estimate of drug-likeness (QED) is 0.281. The Morgan fingerprint density at radius 2 is 2.23 bits per heavy atom. The predicted molar refractivity (Wildman–Crippen MR) is 121 cm³/mol. The van der Waals surface area contributed by atoms with Gasteiger partial charge in [-0.05, 0) is 37.5 Å². The van der Waals surface area contributed by atoms with Gasteiger partial charge >= 0.3 is 5.97 Å². The maximum atomic E-state index is 12.2. The molecule has 0 aliphatic carbocycles. The number of hydrogen-bond acceptors (Lipinski definition) is 6. The Hall–Kier alpha value is -1.83. The number of aliphatic hydroxyl groups excluding tert-OH is 1. The van der Waals surface area contributed by atoms with Crippen molar-refractivity contribution in [2.24, 2.45) is 5.73 Å². The van der Waals surface area contributed by atoms with Crippen molar-refractivity contribution in [3.05, 3.63) is 47.5 Å². The van der Waals surface area contributed by atoms with Crippen LogP contribution in [0.1, 0.15) is 36.8 Å². The first kappa shape index (κ1) is 24.4. The van der Waals surface area contributed by atoms with Crippen LogP contribution in [-0.4, -0.2) is 65.2 Å². The normalized spacial score (nSPS) is 17.6. The highest BCUT2D eigenvalue weighted by Crippen LogP contribution is 2.21. The number of ether oxygens (including phenoxy) is 1. The molecule has 2 atom stereocenters. The fourth-order valence-electron chi connectivity index (χ4n) is 3.47. The Balaban J connectivity index is 1.67. The summed E-state index contributed by atoms with van der Waals surface area (Å²) in [6.07, 6.45) is 7.01. The zero-order chi connectivity index (χ0) is 21.8. The number of nitrogens with zero attached hydrogens (tertiary/aromatic N) is 1. The van der Waals surface area contributed by atoms with Gasteiger partial charge in [0, 0.05) is 25.1 Å². The van der Waals surface area contributed by atoms with Gasteiger partial charge in [0.25, 0.3) is 0 Å². The molecule has 1 aliphatic rings. The fourth-order valence-corrected chi connectivity index (χ4v) is 4.41. The van der Waals surface area contributed by atoms with E-state index in [0.29, 0.717) is 26.0 Å². The number of carbonyl (C=O) groups excluding carboxylic acids is 2. The Morgan fingerprint density at radius 3 is 3.00 bits per heavy atom. The number of hydrogen-bond donors (Lipinski definition) is 2. The first-order valence-corrected chi connectivity index (χ1v) is 11.8. The third-order valence-corrected chi connectivity index (χ3v) is 6.10. The van der Waals surface area contributed by atoms with Gasteiger partial charge in [-0.25, -0.2) is 0 Å². The van der Waals surface area contributed by atoms with Gasteiger partial charge in [0.05, 0.1) is 25.3 Å². The lowest BCUT2D eigenvalue weighted by Crippen LogP contribution is -2.34. The summed E-state index contributed by atoms with van der Waals surface area (Å²) < 4.78 is 4.94. The molecule has 0 radical (unpaired) electrons. The van der Waals surface area contributed by atoms with E-state index in [9.17, 15) is 14.7 Å². The second kappa shape index (κ2) is 13.5. The van der Waals surface area contributed by atoms with Crippen LogP contribution in [0.4, 0.5) is 0 Å². The second-order valence-corrected chi connectivity index (χ2v) is 8.81. The van der Waals surface area contributed by atoms with Crippen molar-refractivity contribution in [3.63, 3.8) is 0 Å². The standard InChI is InChI=1S/C23H34N2O4S/c1-18-5-4-6-19(15-18)16-21(26)9-7-20-8-10-22(27)25(20)11-14-30-13-3-2-12-29-23(28)17-24/h4-7,9,15,20-21,26H,2-3,8,10-14,16-17,24H2,1H3/b9-7+/t20-,21+/m0/s1. The predicted octanol–water partition coefficient (Wildman–Crippen LogP) is 2.46. The average Bonchev–Trinajstić information content (AvgIpc) is 3.07. The van der Waals surface area contributed by atoms with Crippen molar-refractivity contribution in [2.75, 3.05) is 31.2 Å². The molecule has 1 fully saturated rings. The third-order valence-electron chi connectivity index (χ3n) is 5.05. The van der Waals surface area contributed by atoms with Crippen molar-refractivity contribution < 1.29 is 19.4 Å². The maximum absolute atomic E-state index is 12.2. The molecule has 0 bridgehead atoms. The molecule has 0 spiro atoms. The third kappa shape index (κ3) is 8.90. The Bertz CT molecular complexity index is 710. The summed E-state index contributed by atoms with van der Waals surface area (Å²) >= 11 is 1.80. The van der Waals surface area contributed by atoms with Gasteiger partial charge in [-0.1, -0.05) is 42.0 Å². The molecule has 3 N–H and O–H groups in total. The second-order valence-electron chi connectivity index (χ2n) is 7.58. The van der Waals surface area contributed by atoms with Crippen LogP contribution in [0.25, 0.3) is 0 Å². The zero-order valence-corrected chi connectivity index (χ0v) is 18.6. The molecule has 1 aliphatic heterocycles. The van der Waals surface area contributed by atoms with Gasteiger partial charge in [-0.3, -0.25) is 9.59 Å². The minimum Gasteiger partial charge on any atom is -0.465 e. The molecule has 0 saturated carbocycles.